The van der Waals surface area contributed by atoms with E-state index in [4.69, 9.17) is 23.2 Å². The number of nitrogens with zero attached hydrogens (tertiary/aromatic N) is 5. The van der Waals surface area contributed by atoms with Crippen molar-refractivity contribution in [1.82, 2.24) is 19.5 Å². The van der Waals surface area contributed by atoms with Gasteiger partial charge in [-0.15, -0.1) is 0 Å². The first kappa shape index (κ1) is 26.4. The number of anilines is 1. The molecule has 35 heavy (non-hydrogen) atoms. The van der Waals surface area contributed by atoms with Crippen LogP contribution in [0, 0.1) is 0 Å². The minimum Gasteiger partial charge on any atom is -0.395 e. The molecule has 4 rings (SSSR count). The smallest absolute Gasteiger partial charge is 0.395 e. The Hall–Kier alpha value is -3.21. The Labute approximate surface area is 208 Å². The van der Waals surface area contributed by atoms with E-state index in [0.717, 1.165) is 18.6 Å². The lowest BCUT2D eigenvalue weighted by atomic mass is 10.2. The van der Waals surface area contributed by atoms with E-state index in [-0.39, 0.29) is 29.0 Å². The largest absolute Gasteiger partial charge is 0.433 e. The van der Waals surface area contributed by atoms with Crippen molar-refractivity contribution in [2.45, 2.75) is 20.0 Å². The van der Waals surface area contributed by atoms with Crippen molar-refractivity contribution in [2.75, 3.05) is 18.1 Å². The molecule has 1 N–H and O–H groups in total. The van der Waals surface area contributed by atoms with E-state index in [1.807, 2.05) is 13.8 Å². The fourth-order valence-corrected chi connectivity index (χ4v) is 3.80. The van der Waals surface area contributed by atoms with Crippen LogP contribution in [0.15, 0.2) is 55.1 Å². The first-order chi connectivity index (χ1) is 16.7. The van der Waals surface area contributed by atoms with Gasteiger partial charge in [0.15, 0.2) is 0 Å². The summed E-state index contributed by atoms with van der Waals surface area (Å²) in [6, 6.07) is 9.00. The molecule has 12 heteroatoms. The van der Waals surface area contributed by atoms with Gasteiger partial charge in [0.25, 0.3) is 5.91 Å². The van der Waals surface area contributed by atoms with Crippen LogP contribution in [0.3, 0.4) is 0 Å². The molecule has 0 aliphatic heterocycles. The maximum atomic E-state index is 13.1. The third kappa shape index (κ3) is 5.55. The molecule has 0 fully saturated rings. The predicted molar refractivity (Wildman–Crippen MR) is 128 cm³/mol. The van der Waals surface area contributed by atoms with Crippen molar-refractivity contribution in [3.63, 3.8) is 0 Å². The lowest BCUT2D eigenvalue weighted by Crippen LogP contribution is -2.34. The van der Waals surface area contributed by atoms with Gasteiger partial charge in [-0.25, -0.2) is 15.0 Å². The van der Waals surface area contributed by atoms with Crippen LogP contribution >= 0.6 is 23.2 Å². The molecule has 0 aliphatic carbocycles. The van der Waals surface area contributed by atoms with Crippen LogP contribution in [0.4, 0.5) is 18.9 Å². The van der Waals surface area contributed by atoms with E-state index in [2.05, 4.69) is 15.0 Å². The zero-order valence-electron chi connectivity index (χ0n) is 18.6. The normalized spacial score (nSPS) is 11.2. The fourth-order valence-electron chi connectivity index (χ4n) is 3.32. The summed E-state index contributed by atoms with van der Waals surface area (Å²) in [5, 5.41) is 9.95. The molecule has 0 radical (unpaired) electrons. The first-order valence-corrected chi connectivity index (χ1v) is 11.2. The first-order valence-electron chi connectivity index (χ1n) is 10.4. The Morgan fingerprint density at radius 1 is 1.06 bits per heavy atom. The Bertz CT molecular complexity index is 1310. The molecule has 0 spiro atoms. The van der Waals surface area contributed by atoms with Crippen molar-refractivity contribution in [3.05, 3.63) is 76.7 Å². The van der Waals surface area contributed by atoms with Crippen LogP contribution in [0.25, 0.3) is 16.6 Å². The van der Waals surface area contributed by atoms with E-state index < -0.39 is 17.8 Å². The van der Waals surface area contributed by atoms with Gasteiger partial charge in [-0.1, -0.05) is 37.0 Å². The van der Waals surface area contributed by atoms with Crippen LogP contribution in [-0.2, 0) is 6.18 Å². The quantitative estimate of drug-likeness (QED) is 0.332. The molecule has 3 aromatic heterocycles. The molecule has 7 nitrogen and oxygen atoms in total. The number of aliphatic hydroxyl groups excluding tert-OH is 1. The molecule has 0 atom stereocenters. The summed E-state index contributed by atoms with van der Waals surface area (Å²) in [7, 11) is 0. The van der Waals surface area contributed by atoms with Gasteiger partial charge >= 0.3 is 6.18 Å². The van der Waals surface area contributed by atoms with Crippen molar-refractivity contribution < 1.29 is 23.1 Å². The van der Waals surface area contributed by atoms with E-state index in [0.29, 0.717) is 22.3 Å². The number of carbonyl (C=O) groups is 1. The highest BCUT2D eigenvalue weighted by Crippen LogP contribution is 2.30. The Kier molecular flexibility index (Phi) is 8.31. The molecule has 0 bridgehead atoms. The highest BCUT2D eigenvalue weighted by molar-refractivity contribution is 6.39. The molecule has 3 heterocycles. The number of halogens is 5. The lowest BCUT2D eigenvalue weighted by Gasteiger charge is -2.22. The number of aromatic nitrogens is 4. The molecule has 1 amide bonds. The Morgan fingerprint density at radius 2 is 1.74 bits per heavy atom. The van der Waals surface area contributed by atoms with Crippen molar-refractivity contribution >= 4 is 45.7 Å². The fraction of sp³-hybridized carbons (Fsp3) is 0.217. The molecule has 1 aromatic carbocycles. The predicted octanol–water partition coefficient (Wildman–Crippen LogP) is 5.81. The van der Waals surface area contributed by atoms with Gasteiger partial charge in [0, 0.05) is 23.8 Å². The zero-order chi connectivity index (χ0) is 25.8. The Balaban J connectivity index is 0.00000167. The van der Waals surface area contributed by atoms with Crippen LogP contribution in [-0.4, -0.2) is 43.7 Å². The van der Waals surface area contributed by atoms with Crippen LogP contribution < -0.4 is 4.90 Å². The minimum absolute atomic E-state index is 0.0462. The molecule has 0 unspecified atom stereocenters. The molecule has 4 aromatic rings. The van der Waals surface area contributed by atoms with Crippen LogP contribution in [0.2, 0.25) is 10.3 Å². The summed E-state index contributed by atoms with van der Waals surface area (Å²) in [5.74, 6) is -0.592. The van der Waals surface area contributed by atoms with Gasteiger partial charge in [0.2, 0.25) is 0 Å². The Morgan fingerprint density at radius 3 is 2.31 bits per heavy atom. The summed E-state index contributed by atoms with van der Waals surface area (Å²) in [6.07, 6.45) is -0.583. The third-order valence-corrected chi connectivity index (χ3v) is 5.41. The summed E-state index contributed by atoms with van der Waals surface area (Å²) in [5.41, 5.74) is 0.485. The monoisotopic (exact) mass is 525 g/mol. The van der Waals surface area contributed by atoms with Crippen molar-refractivity contribution in [2.24, 2.45) is 0 Å². The van der Waals surface area contributed by atoms with Gasteiger partial charge in [0.1, 0.15) is 27.9 Å². The molecule has 0 aliphatic rings. The van der Waals surface area contributed by atoms with E-state index in [1.54, 1.807) is 35.0 Å². The van der Waals surface area contributed by atoms with Crippen LogP contribution in [0.5, 0.6) is 0 Å². The molecule has 0 saturated heterocycles. The number of aliphatic hydroxyl groups is 1. The number of pyridine rings is 1. The highest BCUT2D eigenvalue weighted by Gasteiger charge is 2.32. The van der Waals surface area contributed by atoms with E-state index in [1.165, 1.54) is 11.0 Å². The summed E-state index contributed by atoms with van der Waals surface area (Å²) in [6.45, 7) is 3.63. The van der Waals surface area contributed by atoms with Crippen molar-refractivity contribution in [3.8, 4) is 5.69 Å². The number of alkyl halides is 3. The molecule has 184 valence electrons. The van der Waals surface area contributed by atoms with Gasteiger partial charge in [-0.05, 0) is 36.4 Å². The van der Waals surface area contributed by atoms with Gasteiger partial charge < -0.3 is 14.6 Å². The second-order valence-electron chi connectivity index (χ2n) is 6.84. The number of benzene rings is 1. The van der Waals surface area contributed by atoms with Crippen LogP contribution in [0.1, 0.15) is 29.9 Å². The maximum Gasteiger partial charge on any atom is 0.433 e. The number of hydrogen-bond donors (Lipinski definition) is 1. The van der Waals surface area contributed by atoms with E-state index in [9.17, 15) is 23.1 Å². The van der Waals surface area contributed by atoms with Gasteiger partial charge in [-0.2, -0.15) is 13.2 Å². The number of fused-ring (bicyclic) bond motifs is 1. The zero-order valence-corrected chi connectivity index (χ0v) is 20.1. The third-order valence-electron chi connectivity index (χ3n) is 4.84. The summed E-state index contributed by atoms with van der Waals surface area (Å²) >= 11 is 12.1. The lowest BCUT2D eigenvalue weighted by molar-refractivity contribution is -0.141. The molecular formula is C23H20Cl2F3N5O2. The number of carbonyl (C=O) groups excluding carboxylic acids is 1. The number of hydrogen-bond acceptors (Lipinski definition) is 5. The van der Waals surface area contributed by atoms with Gasteiger partial charge in [-0.3, -0.25) is 4.79 Å². The standard InChI is InChI=1S/C21H14Cl2F3N5O2.C2H6/c22-18-17(19(23)29-11-28-18)20(33)31(7-8-32)13-1-3-15-12(9-13)5-6-30(15)14-2-4-16(27-10-14)21(24,25)26;1-2/h1-6,9-11,32H,7-8H2;1-2H3. The highest BCUT2D eigenvalue weighted by atomic mass is 35.5. The molecule has 0 saturated carbocycles. The maximum absolute atomic E-state index is 13.1. The minimum atomic E-state index is -4.52. The second-order valence-corrected chi connectivity index (χ2v) is 7.55. The number of rotatable bonds is 5. The SMILES string of the molecule is CC.O=C(c1c(Cl)ncnc1Cl)N(CCO)c1ccc2c(ccn2-c2ccc(C(F)(F)F)nc2)c1. The molecular weight excluding hydrogens is 506 g/mol. The average Bonchev–Trinajstić information content (AvgIpc) is 3.26. The second kappa shape index (κ2) is 11.0. The van der Waals surface area contributed by atoms with E-state index >= 15 is 0 Å². The summed E-state index contributed by atoms with van der Waals surface area (Å²) in [4.78, 5) is 25.5. The average molecular weight is 526 g/mol. The number of amides is 1. The van der Waals surface area contributed by atoms with Crippen molar-refractivity contribution in [1.29, 1.82) is 0 Å². The topological polar surface area (TPSA) is 84.1 Å². The summed E-state index contributed by atoms with van der Waals surface area (Å²) < 4.78 is 40.0. The van der Waals surface area contributed by atoms with Gasteiger partial charge in [0.05, 0.1) is 24.0 Å².